The van der Waals surface area contributed by atoms with Crippen molar-refractivity contribution in [2.45, 2.75) is 0 Å². The fraction of sp³-hybridized carbons (Fsp3) is 0. The Kier molecular flexibility index (Phi) is 8.98. The van der Waals surface area contributed by atoms with Gasteiger partial charge in [-0.25, -0.2) is 0 Å². The minimum atomic E-state index is -0.0688. The summed E-state index contributed by atoms with van der Waals surface area (Å²) < 4.78 is 8.91. The minimum absolute atomic E-state index is 0.0688. The van der Waals surface area contributed by atoms with E-state index in [0.29, 0.717) is 5.39 Å². The Morgan fingerprint density at radius 2 is 0.629 bits per heavy atom. The quantitative estimate of drug-likeness (QED) is 0.157. The van der Waals surface area contributed by atoms with E-state index in [9.17, 15) is 0 Å². The topological polar surface area (TPSA) is 36.3 Å². The summed E-state index contributed by atoms with van der Waals surface area (Å²) in [7, 11) is 0. The molecule has 0 atom stereocenters. The summed E-state index contributed by atoms with van der Waals surface area (Å²) in [5, 5.41) is 5.39. The largest absolute Gasteiger partial charge is 0.309 e. The number of rotatable bonds is 7. The zero-order chi connectivity index (χ0) is 46.3. The normalized spacial score (nSPS) is 11.8. The maximum absolute atomic E-state index is 15.3. The van der Waals surface area contributed by atoms with Gasteiger partial charge in [-0.3, -0.25) is 13.8 Å². The molecule has 0 fully saturated rings. The van der Waals surface area contributed by atoms with Gasteiger partial charge in [-0.15, -0.1) is 0 Å². The summed E-state index contributed by atoms with van der Waals surface area (Å²) in [4.78, 5) is 15.3. The van der Waals surface area contributed by atoms with Gasteiger partial charge >= 0.3 is 0 Å². The molecule has 14 aromatic rings. The summed E-state index contributed by atoms with van der Waals surface area (Å²) in [6.45, 7) is 0. The van der Waals surface area contributed by atoms with Crippen LogP contribution in [0.15, 0.2) is 260 Å². The molecule has 5 heteroatoms. The fourth-order valence-electron chi connectivity index (χ4n) is 11.0. The summed E-state index contributed by atoms with van der Waals surface area (Å²) in [6.07, 6.45) is 0. The SMILES string of the molecule is O=c1c2cc(-c3ccc4c(c3)c3cc(-c5ccc6c(c5)c5ccccc5n6-c5ccccc5)ccc3n4-c3ccccc3)ccc2n2c(-c3ccccc3)cc(-c3ccccc3)c2n1-c1ccccc1. The second-order valence-electron chi connectivity index (χ2n) is 18.1. The van der Waals surface area contributed by atoms with Gasteiger partial charge in [0.25, 0.3) is 5.56 Å². The number of nitrogens with zero attached hydrogens (tertiary/aromatic N) is 4. The van der Waals surface area contributed by atoms with Crippen LogP contribution >= 0.6 is 0 Å². The number of aromatic nitrogens is 4. The molecule has 0 radical (unpaired) electrons. The molecule has 0 saturated carbocycles. The molecule has 0 aliphatic carbocycles. The molecule has 5 nitrogen and oxygen atoms in total. The molecule has 0 bridgehead atoms. The van der Waals surface area contributed by atoms with Crippen molar-refractivity contribution in [3.63, 3.8) is 0 Å². The highest BCUT2D eigenvalue weighted by atomic mass is 16.1. The van der Waals surface area contributed by atoms with Crippen molar-refractivity contribution in [3.05, 3.63) is 265 Å². The lowest BCUT2D eigenvalue weighted by atomic mass is 9.98. The van der Waals surface area contributed by atoms with Gasteiger partial charge in [0.1, 0.15) is 5.65 Å². The van der Waals surface area contributed by atoms with Crippen LogP contribution in [0.4, 0.5) is 0 Å². The second-order valence-corrected chi connectivity index (χ2v) is 18.1. The van der Waals surface area contributed by atoms with Crippen molar-refractivity contribution in [1.82, 2.24) is 18.1 Å². The van der Waals surface area contributed by atoms with Crippen LogP contribution in [0.3, 0.4) is 0 Å². The first-order valence-electron chi connectivity index (χ1n) is 23.8. The van der Waals surface area contributed by atoms with Crippen molar-refractivity contribution in [3.8, 4) is 61.7 Å². The molecule has 0 saturated heterocycles. The van der Waals surface area contributed by atoms with Crippen LogP contribution in [0.5, 0.6) is 0 Å². The van der Waals surface area contributed by atoms with E-state index in [2.05, 4.69) is 226 Å². The van der Waals surface area contributed by atoms with E-state index in [-0.39, 0.29) is 5.56 Å². The molecular weight excluding hydrogens is 853 g/mol. The predicted molar refractivity (Wildman–Crippen MR) is 291 cm³/mol. The summed E-state index contributed by atoms with van der Waals surface area (Å²) in [6, 6.07) is 90.0. The predicted octanol–water partition coefficient (Wildman–Crippen LogP) is 16.1. The van der Waals surface area contributed by atoms with Crippen molar-refractivity contribution in [2.75, 3.05) is 0 Å². The smallest absolute Gasteiger partial charge is 0.266 e. The lowest BCUT2D eigenvalue weighted by Gasteiger charge is -2.16. The van der Waals surface area contributed by atoms with Crippen molar-refractivity contribution < 1.29 is 0 Å². The highest BCUT2D eigenvalue weighted by Crippen LogP contribution is 2.41. The van der Waals surface area contributed by atoms with E-state index in [1.54, 1.807) is 0 Å². The van der Waals surface area contributed by atoms with Gasteiger partial charge in [0.05, 0.1) is 44.4 Å². The monoisotopic (exact) mass is 894 g/mol. The Morgan fingerprint density at radius 1 is 0.257 bits per heavy atom. The van der Waals surface area contributed by atoms with E-state index >= 15 is 4.79 Å². The van der Waals surface area contributed by atoms with E-state index < -0.39 is 0 Å². The Balaban J connectivity index is 0.983. The van der Waals surface area contributed by atoms with E-state index in [1.807, 2.05) is 47.0 Å². The standard InChI is InChI=1S/C65H42N4O/c70-65-57-41-48(33-37-62(57)69-63(44-20-8-2-9-21-44)42-53(43-18-6-1-7-19-43)64(69)68(65)51-26-14-5-15-27-51)47-32-36-61-56(40-47)55-39-46(31-35-60(55)67(61)50-24-12-4-13-25-50)45-30-34-59-54(38-45)52-28-16-17-29-58(52)66(59)49-22-10-3-11-23-49/h1-42H. The lowest BCUT2D eigenvalue weighted by Crippen LogP contribution is -2.21. The van der Waals surface area contributed by atoms with Crippen LogP contribution in [0.1, 0.15) is 0 Å². The third-order valence-electron chi connectivity index (χ3n) is 14.2. The van der Waals surface area contributed by atoms with Gasteiger partial charge in [0.2, 0.25) is 0 Å². The molecule has 14 rings (SSSR count). The zero-order valence-electron chi connectivity index (χ0n) is 37.9. The Labute approximate surface area is 403 Å². The molecule has 4 aromatic heterocycles. The summed E-state index contributed by atoms with van der Waals surface area (Å²) >= 11 is 0. The first-order chi connectivity index (χ1) is 34.7. The summed E-state index contributed by atoms with van der Waals surface area (Å²) in [5.74, 6) is 0. The molecular formula is C65H42N4O. The van der Waals surface area contributed by atoms with Crippen LogP contribution in [0, 0.1) is 0 Å². The molecule has 0 aliphatic rings. The van der Waals surface area contributed by atoms with Gasteiger partial charge in [0.15, 0.2) is 0 Å². The third kappa shape index (κ3) is 6.15. The highest BCUT2D eigenvalue weighted by Gasteiger charge is 2.23. The zero-order valence-corrected chi connectivity index (χ0v) is 37.9. The maximum atomic E-state index is 15.3. The van der Waals surface area contributed by atoms with Gasteiger partial charge < -0.3 is 9.13 Å². The Bertz CT molecular complexity index is 4390. The number of hydrogen-bond donors (Lipinski definition) is 0. The lowest BCUT2D eigenvalue weighted by molar-refractivity contribution is 1.00. The molecule has 4 heterocycles. The first kappa shape index (κ1) is 39.7. The molecule has 70 heavy (non-hydrogen) atoms. The van der Waals surface area contributed by atoms with Crippen LogP contribution < -0.4 is 5.56 Å². The number of hydrogen-bond acceptors (Lipinski definition) is 1. The van der Waals surface area contributed by atoms with E-state index in [4.69, 9.17) is 0 Å². The van der Waals surface area contributed by atoms with Gasteiger partial charge in [-0.05, 0) is 130 Å². The van der Waals surface area contributed by atoms with E-state index in [1.165, 1.54) is 21.8 Å². The molecule has 0 N–H and O–H groups in total. The molecule has 0 aliphatic heterocycles. The molecule has 0 unspecified atom stereocenters. The molecule has 10 aromatic carbocycles. The Morgan fingerprint density at radius 3 is 1.13 bits per heavy atom. The average Bonchev–Trinajstić information content (AvgIpc) is 4.10. The highest BCUT2D eigenvalue weighted by molar-refractivity contribution is 6.13. The third-order valence-corrected chi connectivity index (χ3v) is 14.2. The molecule has 0 spiro atoms. The average molecular weight is 895 g/mol. The van der Waals surface area contributed by atoms with Crippen LogP contribution in [0.25, 0.3) is 122 Å². The van der Waals surface area contributed by atoms with Crippen molar-refractivity contribution in [2.24, 2.45) is 0 Å². The van der Waals surface area contributed by atoms with Gasteiger partial charge in [0, 0.05) is 38.5 Å². The number of benzene rings is 10. The van der Waals surface area contributed by atoms with Crippen LogP contribution in [0.2, 0.25) is 0 Å². The number of fused-ring (bicyclic) bond motifs is 9. The number of para-hydroxylation sites is 4. The van der Waals surface area contributed by atoms with Crippen molar-refractivity contribution >= 4 is 60.2 Å². The van der Waals surface area contributed by atoms with Crippen LogP contribution in [-0.4, -0.2) is 18.1 Å². The first-order valence-corrected chi connectivity index (χ1v) is 23.8. The minimum Gasteiger partial charge on any atom is -0.309 e. The Hall–Kier alpha value is -9.45. The van der Waals surface area contributed by atoms with Gasteiger partial charge in [-0.2, -0.15) is 0 Å². The second kappa shape index (κ2) is 15.8. The fourth-order valence-corrected chi connectivity index (χ4v) is 11.0. The maximum Gasteiger partial charge on any atom is 0.266 e. The van der Waals surface area contributed by atoms with Crippen molar-refractivity contribution in [1.29, 1.82) is 0 Å². The van der Waals surface area contributed by atoms with Crippen LogP contribution in [-0.2, 0) is 0 Å². The van der Waals surface area contributed by atoms with Gasteiger partial charge in [-0.1, -0.05) is 158 Å². The molecule has 0 amide bonds. The van der Waals surface area contributed by atoms with E-state index in [0.717, 1.165) is 94.7 Å². The molecule has 328 valence electrons. The summed E-state index contributed by atoms with van der Waals surface area (Å²) in [5.41, 5.74) is 17.7.